The Morgan fingerprint density at radius 3 is 2.60 bits per heavy atom. The summed E-state index contributed by atoms with van der Waals surface area (Å²) in [6, 6.07) is 20.1. The van der Waals surface area contributed by atoms with Crippen LogP contribution in [0, 0.1) is 5.41 Å². The molecular weight excluding hydrogens is 502 g/mol. The number of rotatable bonds is 6. The summed E-state index contributed by atoms with van der Waals surface area (Å²) < 4.78 is 7.36. The molecule has 7 heteroatoms. The fourth-order valence-corrected chi connectivity index (χ4v) is 6.37. The Labute approximate surface area is 214 Å². The molecule has 35 heavy (non-hydrogen) atoms. The maximum absolute atomic E-state index is 7.96. The van der Waals surface area contributed by atoms with E-state index in [2.05, 4.69) is 74.7 Å². The number of fused-ring (bicyclic) bond motifs is 2. The number of hydrogen-bond acceptors (Lipinski definition) is 5. The van der Waals surface area contributed by atoms with E-state index < -0.39 is 0 Å². The minimum absolute atomic E-state index is 0.0880. The van der Waals surface area contributed by atoms with Crippen molar-refractivity contribution in [3.8, 4) is 0 Å². The van der Waals surface area contributed by atoms with E-state index in [1.807, 2.05) is 6.07 Å². The maximum Gasteiger partial charge on any atom is 0.137 e. The van der Waals surface area contributed by atoms with Crippen LogP contribution in [-0.4, -0.2) is 36.3 Å². The summed E-state index contributed by atoms with van der Waals surface area (Å²) in [6.07, 6.45) is 5.57. The Hall–Kier alpha value is -2.45. The van der Waals surface area contributed by atoms with E-state index in [1.54, 1.807) is 0 Å². The molecule has 3 atom stereocenters. The third-order valence-corrected chi connectivity index (χ3v) is 8.61. The first-order valence-electron chi connectivity index (χ1n) is 12.5. The summed E-state index contributed by atoms with van der Waals surface area (Å²) in [4.78, 5) is 2.47. The highest BCUT2D eigenvalue weighted by atomic mass is 79.9. The zero-order valence-electron chi connectivity index (χ0n) is 19.7. The lowest BCUT2D eigenvalue weighted by molar-refractivity contribution is 0.279. The highest BCUT2D eigenvalue weighted by Crippen LogP contribution is 2.42. The van der Waals surface area contributed by atoms with Gasteiger partial charge in [0.05, 0.1) is 6.04 Å². The lowest BCUT2D eigenvalue weighted by Gasteiger charge is -2.29. The molecule has 3 unspecified atom stereocenters. The fourth-order valence-electron chi connectivity index (χ4n) is 5.90. The number of halogens is 1. The number of nitrogens with two attached hydrogens (primary N) is 2. The predicted octanol–water partition coefficient (Wildman–Crippen LogP) is 4.40. The molecule has 182 valence electrons. The van der Waals surface area contributed by atoms with Crippen LogP contribution in [0.2, 0.25) is 0 Å². The van der Waals surface area contributed by atoms with Gasteiger partial charge < -0.3 is 21.1 Å². The molecule has 3 aromatic rings. The molecule has 2 fully saturated rings. The lowest BCUT2D eigenvalue weighted by atomic mass is 9.91. The van der Waals surface area contributed by atoms with Crippen LogP contribution < -0.4 is 21.7 Å². The molecule has 1 aliphatic carbocycles. The minimum Gasteiger partial charge on any atom is -0.384 e. The topological polar surface area (TPSA) is 104 Å². The first kappa shape index (κ1) is 23.0. The van der Waals surface area contributed by atoms with Gasteiger partial charge in [-0.15, -0.1) is 0 Å². The van der Waals surface area contributed by atoms with Gasteiger partial charge in [-0.05, 0) is 66.1 Å². The van der Waals surface area contributed by atoms with Gasteiger partial charge in [-0.25, -0.2) is 0 Å². The van der Waals surface area contributed by atoms with Crippen LogP contribution >= 0.6 is 15.9 Å². The number of epoxide rings is 1. The molecular formula is C28H32BrN5O. The van der Waals surface area contributed by atoms with Gasteiger partial charge in [-0.3, -0.25) is 10.7 Å². The highest BCUT2D eigenvalue weighted by Gasteiger charge is 2.50. The van der Waals surface area contributed by atoms with Crippen LogP contribution in [0.25, 0.3) is 10.8 Å². The molecule has 0 amide bonds. The molecule has 6 N–H and O–H groups in total. The van der Waals surface area contributed by atoms with Gasteiger partial charge >= 0.3 is 0 Å². The maximum atomic E-state index is 7.96. The molecule has 2 heterocycles. The third-order valence-electron chi connectivity index (χ3n) is 7.91. The van der Waals surface area contributed by atoms with Crippen molar-refractivity contribution in [3.05, 3.63) is 75.8 Å². The van der Waals surface area contributed by atoms with Gasteiger partial charge in [-0.2, -0.15) is 0 Å². The summed E-state index contributed by atoms with van der Waals surface area (Å²) in [5.41, 5.74) is 16.4. The van der Waals surface area contributed by atoms with Crippen molar-refractivity contribution in [1.82, 2.24) is 5.32 Å². The highest BCUT2D eigenvalue weighted by molar-refractivity contribution is 9.10. The summed E-state index contributed by atoms with van der Waals surface area (Å²) in [5, 5.41) is 14.2. The van der Waals surface area contributed by atoms with E-state index in [1.165, 1.54) is 21.9 Å². The van der Waals surface area contributed by atoms with Crippen molar-refractivity contribution in [3.63, 3.8) is 0 Å². The third kappa shape index (κ3) is 4.47. The quantitative estimate of drug-likeness (QED) is 0.213. The number of amidine groups is 1. The molecule has 2 aliphatic heterocycles. The van der Waals surface area contributed by atoms with Crippen LogP contribution in [0.5, 0.6) is 0 Å². The number of nitrogens with one attached hydrogen (secondary N) is 2. The summed E-state index contributed by atoms with van der Waals surface area (Å²) in [7, 11) is 0. The van der Waals surface area contributed by atoms with E-state index in [9.17, 15) is 0 Å². The molecule has 3 aliphatic rings. The predicted molar refractivity (Wildman–Crippen MR) is 145 cm³/mol. The van der Waals surface area contributed by atoms with Crippen molar-refractivity contribution in [2.24, 2.45) is 11.5 Å². The number of hydrogen-bond donors (Lipinski definition) is 4. The molecule has 0 spiro atoms. The lowest BCUT2D eigenvalue weighted by Crippen LogP contribution is -2.42. The Morgan fingerprint density at radius 1 is 1.06 bits per heavy atom. The first-order chi connectivity index (χ1) is 17.0. The number of nitrogens with zero attached hydrogens (tertiary/aromatic N) is 1. The van der Waals surface area contributed by atoms with Gasteiger partial charge in [0.25, 0.3) is 0 Å². The van der Waals surface area contributed by atoms with Crippen LogP contribution in [0.3, 0.4) is 0 Å². The van der Waals surface area contributed by atoms with Crippen LogP contribution in [0.4, 0.5) is 5.69 Å². The van der Waals surface area contributed by atoms with E-state index in [-0.39, 0.29) is 24.2 Å². The van der Waals surface area contributed by atoms with Crippen LogP contribution in [-0.2, 0) is 17.7 Å². The van der Waals surface area contributed by atoms with Crippen molar-refractivity contribution < 1.29 is 4.74 Å². The fraction of sp³-hybridized carbons (Fsp3) is 0.393. The summed E-state index contributed by atoms with van der Waals surface area (Å²) >= 11 is 3.71. The van der Waals surface area contributed by atoms with Gasteiger partial charge in [0, 0.05) is 34.4 Å². The first-order valence-corrected chi connectivity index (χ1v) is 13.3. The Morgan fingerprint density at radius 2 is 1.83 bits per heavy atom. The van der Waals surface area contributed by atoms with Gasteiger partial charge in [0.2, 0.25) is 0 Å². The second kappa shape index (κ2) is 9.21. The van der Waals surface area contributed by atoms with Crippen molar-refractivity contribution in [1.29, 1.82) is 5.41 Å². The summed E-state index contributed by atoms with van der Waals surface area (Å²) in [5.74, 6) is 0.100. The SMILES string of the molecule is N=C(N)c1ccc2c(c1)N(Cc1ccc(Br)c3ccccc13)C(C1OC1NC1CCC(N)CC1)C2. The molecule has 0 bridgehead atoms. The molecule has 6 rings (SSSR count). The van der Waals surface area contributed by atoms with Gasteiger partial charge in [0.1, 0.15) is 18.2 Å². The van der Waals surface area contributed by atoms with Gasteiger partial charge in [0.15, 0.2) is 0 Å². The standard InChI is InChI=1S/C28H32BrN5O/c29-23-12-7-18(21-3-1-2-4-22(21)23)15-34-24-14-17(27(31)32)6-5-16(24)13-25(34)26-28(35-26)33-20-10-8-19(30)9-11-20/h1-7,12,14,19-20,25-26,28,33H,8-11,13,15,30H2,(H3,31,32). The normalized spacial score (nSPS) is 27.7. The zero-order valence-corrected chi connectivity index (χ0v) is 21.3. The molecule has 0 radical (unpaired) electrons. The smallest absolute Gasteiger partial charge is 0.137 e. The Bertz CT molecular complexity index is 1270. The van der Waals surface area contributed by atoms with Gasteiger partial charge in [-0.1, -0.05) is 58.4 Å². The minimum atomic E-state index is 0.0880. The largest absolute Gasteiger partial charge is 0.384 e. The van der Waals surface area contributed by atoms with E-state index >= 15 is 0 Å². The van der Waals surface area contributed by atoms with E-state index in [0.717, 1.165) is 54.4 Å². The average Bonchev–Trinajstić information content (AvgIpc) is 3.53. The monoisotopic (exact) mass is 533 g/mol. The molecule has 6 nitrogen and oxygen atoms in total. The zero-order chi connectivity index (χ0) is 24.1. The Balaban J connectivity index is 1.29. The summed E-state index contributed by atoms with van der Waals surface area (Å²) in [6.45, 7) is 0.775. The molecule has 0 aromatic heterocycles. The van der Waals surface area contributed by atoms with Crippen molar-refractivity contribution in [2.45, 2.75) is 69.1 Å². The number of benzene rings is 3. The molecule has 3 aromatic carbocycles. The number of nitrogen functional groups attached to an aromatic ring is 1. The second-order valence-electron chi connectivity index (χ2n) is 10.2. The number of anilines is 1. The van der Waals surface area contributed by atoms with E-state index in [4.69, 9.17) is 21.6 Å². The van der Waals surface area contributed by atoms with Crippen molar-refractivity contribution in [2.75, 3.05) is 4.90 Å². The van der Waals surface area contributed by atoms with Crippen LogP contribution in [0.1, 0.15) is 42.4 Å². The number of ether oxygens (including phenoxy) is 1. The van der Waals surface area contributed by atoms with Crippen LogP contribution in [0.15, 0.2) is 59.1 Å². The molecule has 1 saturated heterocycles. The average molecular weight is 535 g/mol. The van der Waals surface area contributed by atoms with E-state index in [0.29, 0.717) is 12.1 Å². The second-order valence-corrected chi connectivity index (χ2v) is 11.1. The van der Waals surface area contributed by atoms with Crippen molar-refractivity contribution >= 4 is 38.2 Å². The molecule has 1 saturated carbocycles. The Kier molecular flexibility index (Phi) is 6.05.